The van der Waals surface area contributed by atoms with Gasteiger partial charge in [-0.3, -0.25) is 4.79 Å². The summed E-state index contributed by atoms with van der Waals surface area (Å²) in [6.45, 7) is 7.03. The van der Waals surface area contributed by atoms with Crippen molar-refractivity contribution in [3.05, 3.63) is 36.1 Å². The van der Waals surface area contributed by atoms with Gasteiger partial charge < -0.3 is 9.47 Å². The van der Waals surface area contributed by atoms with Gasteiger partial charge in [-0.05, 0) is 39.8 Å². The fourth-order valence-corrected chi connectivity index (χ4v) is 1.02. The molecule has 0 saturated carbocycles. The number of rotatable bonds is 6. The Kier molecular flexibility index (Phi) is 7.43. The normalized spacial score (nSPS) is 13.0. The van der Waals surface area contributed by atoms with E-state index in [2.05, 4.69) is 0 Å². The van der Waals surface area contributed by atoms with Crippen LogP contribution in [0, 0.1) is 0 Å². The molecule has 0 aromatic carbocycles. The number of carbonyl (C=O) groups is 2. The number of hydrogen-bond donors (Lipinski definition) is 0. The Hall–Kier alpha value is -1.84. The zero-order chi connectivity index (χ0) is 14.0. The first-order valence-corrected chi connectivity index (χ1v) is 5.67. The van der Waals surface area contributed by atoms with E-state index in [1.807, 2.05) is 6.92 Å². The molecule has 0 spiro atoms. The minimum absolute atomic E-state index is 0.151. The van der Waals surface area contributed by atoms with Crippen LogP contribution in [0.15, 0.2) is 36.1 Å². The van der Waals surface area contributed by atoms with Crippen LogP contribution in [-0.4, -0.2) is 24.5 Å². The van der Waals surface area contributed by atoms with E-state index in [4.69, 9.17) is 9.47 Å². The Balaban J connectivity index is 4.05. The van der Waals surface area contributed by atoms with Crippen LogP contribution in [0.3, 0.4) is 0 Å². The largest absolute Gasteiger partial charge is 0.490 e. The van der Waals surface area contributed by atoms with E-state index in [0.717, 1.165) is 6.29 Å². The van der Waals surface area contributed by atoms with Crippen LogP contribution in [-0.2, 0) is 19.1 Å². The first-order valence-electron chi connectivity index (χ1n) is 5.67. The minimum atomic E-state index is -0.513. The van der Waals surface area contributed by atoms with Crippen molar-refractivity contribution < 1.29 is 19.1 Å². The van der Waals surface area contributed by atoms with Gasteiger partial charge in [-0.15, -0.1) is 0 Å². The topological polar surface area (TPSA) is 52.6 Å². The third kappa shape index (κ3) is 9.39. The standard InChI is InChI=1S/C14H20O4/c1-5-7-12(10-15)8-6-9-17-11-13(16)18-14(2,3)4/h5-10H,11H2,1-4H3/b7-5-,9-6+,12-8+. The van der Waals surface area contributed by atoms with Crippen LogP contribution >= 0.6 is 0 Å². The van der Waals surface area contributed by atoms with Crippen molar-refractivity contribution in [1.29, 1.82) is 0 Å². The molecule has 0 amide bonds. The lowest BCUT2D eigenvalue weighted by Crippen LogP contribution is -2.26. The summed E-state index contributed by atoms with van der Waals surface area (Å²) in [5.41, 5.74) is 0.00957. The fourth-order valence-electron chi connectivity index (χ4n) is 1.02. The van der Waals surface area contributed by atoms with E-state index in [1.165, 1.54) is 6.26 Å². The maximum Gasteiger partial charge on any atom is 0.344 e. The molecule has 0 aromatic rings. The van der Waals surface area contributed by atoms with Crippen molar-refractivity contribution in [2.24, 2.45) is 0 Å². The maximum atomic E-state index is 11.3. The van der Waals surface area contributed by atoms with Gasteiger partial charge in [0.15, 0.2) is 6.61 Å². The highest BCUT2D eigenvalue weighted by atomic mass is 16.6. The van der Waals surface area contributed by atoms with Gasteiger partial charge in [-0.25, -0.2) is 4.79 Å². The molecule has 0 bridgehead atoms. The molecule has 0 aliphatic rings. The number of esters is 1. The second kappa shape index (κ2) is 8.28. The predicted molar refractivity (Wildman–Crippen MR) is 69.9 cm³/mol. The van der Waals surface area contributed by atoms with Crippen molar-refractivity contribution in [3.8, 4) is 0 Å². The molecule has 0 aliphatic heterocycles. The third-order valence-electron chi connectivity index (χ3n) is 1.58. The van der Waals surface area contributed by atoms with Gasteiger partial charge in [0.25, 0.3) is 0 Å². The molecule has 0 saturated heterocycles. The minimum Gasteiger partial charge on any atom is -0.490 e. The average molecular weight is 252 g/mol. The van der Waals surface area contributed by atoms with Gasteiger partial charge in [0.2, 0.25) is 0 Å². The summed E-state index contributed by atoms with van der Waals surface area (Å²) in [7, 11) is 0. The van der Waals surface area contributed by atoms with Crippen LogP contribution in [0.1, 0.15) is 27.7 Å². The zero-order valence-electron chi connectivity index (χ0n) is 11.3. The van der Waals surface area contributed by atoms with Crippen molar-refractivity contribution >= 4 is 12.3 Å². The smallest absolute Gasteiger partial charge is 0.344 e. The van der Waals surface area contributed by atoms with Gasteiger partial charge in [0.1, 0.15) is 11.9 Å². The van der Waals surface area contributed by atoms with Crippen LogP contribution in [0.2, 0.25) is 0 Å². The molecule has 100 valence electrons. The number of allylic oxidation sites excluding steroid dienone is 5. The Morgan fingerprint density at radius 3 is 2.44 bits per heavy atom. The molecule has 4 heteroatoms. The summed E-state index contributed by atoms with van der Waals surface area (Å²) < 4.78 is 10.0. The van der Waals surface area contributed by atoms with Crippen LogP contribution in [0.25, 0.3) is 0 Å². The molecular weight excluding hydrogens is 232 g/mol. The molecular formula is C14H20O4. The van der Waals surface area contributed by atoms with Gasteiger partial charge in [0, 0.05) is 5.57 Å². The molecule has 0 heterocycles. The Bertz CT molecular complexity index is 356. The van der Waals surface area contributed by atoms with E-state index in [0.29, 0.717) is 5.57 Å². The zero-order valence-corrected chi connectivity index (χ0v) is 11.3. The van der Waals surface area contributed by atoms with E-state index >= 15 is 0 Å². The van der Waals surface area contributed by atoms with Gasteiger partial charge in [-0.2, -0.15) is 0 Å². The Labute approximate surface area is 108 Å². The molecule has 0 aliphatic carbocycles. The first kappa shape index (κ1) is 16.2. The number of aldehydes is 1. The summed E-state index contributed by atoms with van der Waals surface area (Å²) in [4.78, 5) is 21.8. The molecule has 0 rings (SSSR count). The average Bonchev–Trinajstić information content (AvgIpc) is 2.24. The van der Waals surface area contributed by atoms with Crippen molar-refractivity contribution in [3.63, 3.8) is 0 Å². The predicted octanol–water partition coefficient (Wildman–Crippen LogP) is 2.56. The summed E-state index contributed by atoms with van der Waals surface area (Å²) in [5.74, 6) is -0.430. The highest BCUT2D eigenvalue weighted by Crippen LogP contribution is 2.06. The van der Waals surface area contributed by atoms with E-state index in [9.17, 15) is 9.59 Å². The van der Waals surface area contributed by atoms with Crippen LogP contribution < -0.4 is 0 Å². The maximum absolute atomic E-state index is 11.3. The van der Waals surface area contributed by atoms with Crippen LogP contribution in [0.4, 0.5) is 0 Å². The number of hydrogen-bond acceptors (Lipinski definition) is 4. The van der Waals surface area contributed by atoms with Gasteiger partial charge in [0.05, 0.1) is 6.26 Å². The summed E-state index contributed by atoms with van der Waals surface area (Å²) >= 11 is 0. The van der Waals surface area contributed by atoms with Crippen molar-refractivity contribution in [2.45, 2.75) is 33.3 Å². The first-order chi connectivity index (χ1) is 8.39. The molecule has 18 heavy (non-hydrogen) atoms. The lowest BCUT2D eigenvalue weighted by atomic mass is 10.2. The highest BCUT2D eigenvalue weighted by molar-refractivity contribution is 5.77. The van der Waals surface area contributed by atoms with E-state index < -0.39 is 11.6 Å². The molecule has 0 radical (unpaired) electrons. The molecule has 0 aromatic heterocycles. The lowest BCUT2D eigenvalue weighted by molar-refractivity contribution is -0.158. The fraction of sp³-hybridized carbons (Fsp3) is 0.429. The number of ether oxygens (including phenoxy) is 2. The number of carbonyl (C=O) groups excluding carboxylic acids is 2. The Morgan fingerprint density at radius 1 is 1.28 bits per heavy atom. The monoisotopic (exact) mass is 252 g/mol. The highest BCUT2D eigenvalue weighted by Gasteiger charge is 2.15. The summed E-state index contributed by atoms with van der Waals surface area (Å²) in [6, 6.07) is 0. The second-order valence-electron chi connectivity index (χ2n) is 4.51. The van der Waals surface area contributed by atoms with Crippen LogP contribution in [0.5, 0.6) is 0 Å². The SMILES string of the molecule is C\C=C/C(C=O)=C\C=C\OCC(=O)OC(C)(C)C. The van der Waals surface area contributed by atoms with Gasteiger partial charge in [-0.1, -0.05) is 12.2 Å². The molecule has 0 unspecified atom stereocenters. The molecule has 4 nitrogen and oxygen atoms in total. The van der Waals surface area contributed by atoms with E-state index in [-0.39, 0.29) is 6.61 Å². The molecule has 0 fully saturated rings. The second-order valence-corrected chi connectivity index (χ2v) is 4.51. The Morgan fingerprint density at radius 2 is 1.94 bits per heavy atom. The summed E-state index contributed by atoms with van der Waals surface area (Å²) in [6.07, 6.45) is 8.64. The summed E-state index contributed by atoms with van der Waals surface area (Å²) in [5, 5.41) is 0. The van der Waals surface area contributed by atoms with E-state index in [1.54, 1.807) is 45.1 Å². The quantitative estimate of drug-likeness (QED) is 0.240. The van der Waals surface area contributed by atoms with Crippen molar-refractivity contribution in [2.75, 3.05) is 6.61 Å². The van der Waals surface area contributed by atoms with Gasteiger partial charge >= 0.3 is 5.97 Å². The van der Waals surface area contributed by atoms with Crippen molar-refractivity contribution in [1.82, 2.24) is 0 Å². The molecule has 0 atom stereocenters. The lowest BCUT2D eigenvalue weighted by Gasteiger charge is -2.18. The molecule has 0 N–H and O–H groups in total. The third-order valence-corrected chi connectivity index (χ3v) is 1.58.